The Morgan fingerprint density at radius 2 is 2.43 bits per heavy atom. The number of hydrogen-bond acceptors (Lipinski definition) is 3. The van der Waals surface area contributed by atoms with Crippen molar-refractivity contribution in [3.05, 3.63) is 18.7 Å². The number of rotatable bonds is 7. The number of nitrogens with two attached hydrogens (primary N) is 1. The highest BCUT2D eigenvalue weighted by atomic mass is 32.2. The van der Waals surface area contributed by atoms with Crippen LogP contribution in [0.15, 0.2) is 18.7 Å². The van der Waals surface area contributed by atoms with Crippen molar-refractivity contribution in [2.75, 3.05) is 11.5 Å². The molecular formula is C10H19N3S. The van der Waals surface area contributed by atoms with E-state index in [9.17, 15) is 0 Å². The first-order valence-electron chi connectivity index (χ1n) is 5.12. The fourth-order valence-electron chi connectivity index (χ4n) is 1.12. The molecule has 1 rings (SSSR count). The maximum atomic E-state index is 5.81. The number of hydrogen-bond donors (Lipinski definition) is 1. The van der Waals surface area contributed by atoms with Crippen LogP contribution in [-0.4, -0.2) is 27.1 Å². The van der Waals surface area contributed by atoms with Crippen LogP contribution < -0.4 is 5.73 Å². The van der Waals surface area contributed by atoms with Crippen LogP contribution in [0, 0.1) is 0 Å². The molecule has 0 saturated heterocycles. The van der Waals surface area contributed by atoms with Crippen LogP contribution in [0.1, 0.15) is 19.8 Å². The molecule has 0 saturated carbocycles. The molecule has 1 heterocycles. The highest BCUT2D eigenvalue weighted by molar-refractivity contribution is 7.99. The SMILES string of the molecule is CCC(N)CSCCCn1ccnc1. The molecular weight excluding hydrogens is 194 g/mol. The first-order chi connectivity index (χ1) is 6.83. The predicted molar refractivity (Wildman–Crippen MR) is 62.4 cm³/mol. The molecule has 0 aliphatic carbocycles. The Bertz CT molecular complexity index is 223. The summed E-state index contributed by atoms with van der Waals surface area (Å²) < 4.78 is 2.11. The van der Waals surface area contributed by atoms with Crippen molar-refractivity contribution in [1.82, 2.24) is 9.55 Å². The minimum Gasteiger partial charge on any atom is -0.337 e. The first-order valence-corrected chi connectivity index (χ1v) is 6.27. The second-order valence-electron chi connectivity index (χ2n) is 3.40. The highest BCUT2D eigenvalue weighted by Gasteiger charge is 1.98. The molecule has 0 bridgehead atoms. The van der Waals surface area contributed by atoms with Crippen molar-refractivity contribution >= 4 is 11.8 Å². The van der Waals surface area contributed by atoms with Crippen LogP contribution in [-0.2, 0) is 6.54 Å². The Balaban J connectivity index is 1.95. The zero-order valence-corrected chi connectivity index (χ0v) is 9.54. The molecule has 1 atom stereocenters. The summed E-state index contributed by atoms with van der Waals surface area (Å²) in [6, 6.07) is 0.369. The van der Waals surface area contributed by atoms with Gasteiger partial charge in [0.2, 0.25) is 0 Å². The topological polar surface area (TPSA) is 43.8 Å². The molecule has 4 heteroatoms. The van der Waals surface area contributed by atoms with Crippen LogP contribution in [0.5, 0.6) is 0 Å². The van der Waals surface area contributed by atoms with Gasteiger partial charge in [-0.1, -0.05) is 6.92 Å². The molecule has 0 aliphatic heterocycles. The lowest BCUT2D eigenvalue weighted by molar-refractivity contribution is 0.681. The number of thioether (sulfide) groups is 1. The van der Waals surface area contributed by atoms with Crippen LogP contribution >= 0.6 is 11.8 Å². The van der Waals surface area contributed by atoms with E-state index in [-0.39, 0.29) is 0 Å². The molecule has 1 aromatic rings. The Hall–Kier alpha value is -0.480. The van der Waals surface area contributed by atoms with Crippen molar-refractivity contribution in [2.45, 2.75) is 32.4 Å². The monoisotopic (exact) mass is 213 g/mol. The predicted octanol–water partition coefficient (Wildman–Crippen LogP) is 1.74. The van der Waals surface area contributed by atoms with E-state index in [2.05, 4.69) is 16.5 Å². The summed E-state index contributed by atoms with van der Waals surface area (Å²) in [4.78, 5) is 4.00. The van der Waals surface area contributed by atoms with Crippen LogP contribution in [0.2, 0.25) is 0 Å². The smallest absolute Gasteiger partial charge is 0.0945 e. The Morgan fingerprint density at radius 1 is 1.57 bits per heavy atom. The maximum Gasteiger partial charge on any atom is 0.0945 e. The molecule has 0 amide bonds. The second-order valence-corrected chi connectivity index (χ2v) is 4.55. The van der Waals surface area contributed by atoms with E-state index in [1.54, 1.807) is 0 Å². The molecule has 0 fully saturated rings. The lowest BCUT2D eigenvalue weighted by Gasteiger charge is -2.07. The second kappa shape index (κ2) is 6.90. The third kappa shape index (κ3) is 4.67. The largest absolute Gasteiger partial charge is 0.337 e. The number of aromatic nitrogens is 2. The van der Waals surface area contributed by atoms with Crippen molar-refractivity contribution in [3.8, 4) is 0 Å². The molecule has 3 nitrogen and oxygen atoms in total. The molecule has 2 N–H and O–H groups in total. The Labute approximate surface area is 90.1 Å². The van der Waals surface area contributed by atoms with Gasteiger partial charge in [-0.3, -0.25) is 0 Å². The van der Waals surface area contributed by atoms with Gasteiger partial charge in [0.25, 0.3) is 0 Å². The van der Waals surface area contributed by atoms with Gasteiger partial charge in [0, 0.05) is 30.7 Å². The summed E-state index contributed by atoms with van der Waals surface area (Å²) >= 11 is 1.95. The van der Waals surface area contributed by atoms with Gasteiger partial charge in [0.1, 0.15) is 0 Å². The van der Waals surface area contributed by atoms with Crippen LogP contribution in [0.4, 0.5) is 0 Å². The summed E-state index contributed by atoms with van der Waals surface area (Å²) in [6.07, 6.45) is 7.96. The molecule has 80 valence electrons. The van der Waals surface area contributed by atoms with Gasteiger partial charge in [0.15, 0.2) is 0 Å². The molecule has 0 aliphatic rings. The van der Waals surface area contributed by atoms with E-state index < -0.39 is 0 Å². The van der Waals surface area contributed by atoms with Gasteiger partial charge >= 0.3 is 0 Å². The van der Waals surface area contributed by atoms with E-state index in [0.29, 0.717) is 6.04 Å². The Morgan fingerprint density at radius 3 is 3.07 bits per heavy atom. The van der Waals surface area contributed by atoms with Crippen molar-refractivity contribution in [1.29, 1.82) is 0 Å². The number of aryl methyl sites for hydroxylation is 1. The minimum atomic E-state index is 0.369. The number of imidazole rings is 1. The van der Waals surface area contributed by atoms with Gasteiger partial charge < -0.3 is 10.3 Å². The van der Waals surface area contributed by atoms with Crippen molar-refractivity contribution < 1.29 is 0 Å². The third-order valence-corrected chi connectivity index (χ3v) is 3.36. The normalized spacial score (nSPS) is 13.0. The van der Waals surface area contributed by atoms with Crippen molar-refractivity contribution in [3.63, 3.8) is 0 Å². The quantitative estimate of drug-likeness (QED) is 0.702. The van der Waals surface area contributed by atoms with Gasteiger partial charge in [-0.05, 0) is 18.6 Å². The molecule has 0 spiro atoms. The molecule has 0 radical (unpaired) electrons. The summed E-state index contributed by atoms with van der Waals surface area (Å²) in [6.45, 7) is 3.20. The first kappa shape index (κ1) is 11.6. The molecule has 0 aromatic carbocycles. The summed E-state index contributed by atoms with van der Waals surface area (Å²) in [7, 11) is 0. The summed E-state index contributed by atoms with van der Waals surface area (Å²) in [5.41, 5.74) is 5.81. The van der Waals surface area contributed by atoms with Gasteiger partial charge in [-0.25, -0.2) is 4.98 Å². The third-order valence-electron chi connectivity index (χ3n) is 2.12. The lowest BCUT2D eigenvalue weighted by Crippen LogP contribution is -2.21. The fraction of sp³-hybridized carbons (Fsp3) is 0.700. The van der Waals surface area contributed by atoms with E-state index in [1.807, 2.05) is 30.5 Å². The lowest BCUT2D eigenvalue weighted by atomic mass is 10.3. The van der Waals surface area contributed by atoms with E-state index >= 15 is 0 Å². The standard InChI is InChI=1S/C10H19N3S/c1-2-10(11)8-14-7-3-5-13-6-4-12-9-13/h4,6,9-10H,2-3,5,7-8,11H2,1H3. The zero-order chi connectivity index (χ0) is 10.2. The van der Waals surface area contributed by atoms with Crippen molar-refractivity contribution in [2.24, 2.45) is 5.73 Å². The van der Waals surface area contributed by atoms with E-state index in [4.69, 9.17) is 5.73 Å². The fourth-order valence-corrected chi connectivity index (χ4v) is 2.16. The van der Waals surface area contributed by atoms with Crippen LogP contribution in [0.25, 0.3) is 0 Å². The Kier molecular flexibility index (Phi) is 5.71. The number of nitrogens with zero attached hydrogens (tertiary/aromatic N) is 2. The van der Waals surface area contributed by atoms with Gasteiger partial charge in [0.05, 0.1) is 6.33 Å². The van der Waals surface area contributed by atoms with Gasteiger partial charge in [-0.15, -0.1) is 0 Å². The summed E-state index contributed by atoms with van der Waals surface area (Å²) in [5.74, 6) is 2.27. The average molecular weight is 213 g/mol. The summed E-state index contributed by atoms with van der Waals surface area (Å²) in [5, 5.41) is 0. The molecule has 1 unspecified atom stereocenters. The molecule has 14 heavy (non-hydrogen) atoms. The maximum absolute atomic E-state index is 5.81. The highest BCUT2D eigenvalue weighted by Crippen LogP contribution is 2.06. The minimum absolute atomic E-state index is 0.369. The average Bonchev–Trinajstić information content (AvgIpc) is 2.69. The zero-order valence-electron chi connectivity index (χ0n) is 8.72. The van der Waals surface area contributed by atoms with Gasteiger partial charge in [-0.2, -0.15) is 11.8 Å². The van der Waals surface area contributed by atoms with Crippen LogP contribution in [0.3, 0.4) is 0 Å². The van der Waals surface area contributed by atoms with E-state index in [1.165, 1.54) is 12.2 Å². The van der Waals surface area contributed by atoms with E-state index in [0.717, 1.165) is 18.7 Å². The molecule has 1 aromatic heterocycles.